The lowest BCUT2D eigenvalue weighted by Crippen LogP contribution is -2.60. The molecule has 2 fully saturated rings. The van der Waals surface area contributed by atoms with Crippen LogP contribution in [0.5, 0.6) is 5.75 Å². The number of β-amino-alcohol motifs (C(OH)–C–C–N with tert-alkyl or cyclic N) is 1. The first-order valence-electron chi connectivity index (χ1n) is 12.4. The predicted molar refractivity (Wildman–Crippen MR) is 149 cm³/mol. The number of anilines is 1. The summed E-state index contributed by atoms with van der Waals surface area (Å²) in [5.41, 5.74) is 1.39. The van der Waals surface area contributed by atoms with Crippen LogP contribution >= 0.6 is 34.8 Å². The van der Waals surface area contributed by atoms with Crippen LogP contribution in [0.2, 0.25) is 15.1 Å². The number of pyridine rings is 1. The first-order valence-corrected chi connectivity index (χ1v) is 13.6. The van der Waals surface area contributed by atoms with E-state index in [0.717, 1.165) is 36.4 Å². The van der Waals surface area contributed by atoms with Gasteiger partial charge in [0.25, 0.3) is 0 Å². The van der Waals surface area contributed by atoms with Crippen LogP contribution < -0.4 is 9.64 Å². The van der Waals surface area contributed by atoms with E-state index in [9.17, 15) is 14.3 Å². The summed E-state index contributed by atoms with van der Waals surface area (Å²) in [5, 5.41) is 26.0. The number of halogens is 4. The highest BCUT2D eigenvalue weighted by Gasteiger charge is 2.45. The van der Waals surface area contributed by atoms with Crippen LogP contribution in [-0.4, -0.2) is 44.0 Å². The number of hydrogen-bond donors (Lipinski definition) is 2. The van der Waals surface area contributed by atoms with Gasteiger partial charge in [0.05, 0.1) is 45.6 Å². The third-order valence-corrected chi connectivity index (χ3v) is 8.08. The first kappa shape index (κ1) is 26.8. The average molecular weight is 604 g/mol. The summed E-state index contributed by atoms with van der Waals surface area (Å²) in [4.78, 5) is 16.5. The van der Waals surface area contributed by atoms with E-state index in [1.807, 2.05) is 6.20 Å². The van der Waals surface area contributed by atoms with Gasteiger partial charge in [-0.15, -0.1) is 0 Å². The van der Waals surface area contributed by atoms with E-state index >= 15 is 0 Å². The fourth-order valence-electron chi connectivity index (χ4n) is 4.95. The molecule has 2 aliphatic rings. The molecule has 2 aromatic carbocycles. The summed E-state index contributed by atoms with van der Waals surface area (Å²) in [6, 6.07) is 11.2. The Bertz CT molecular complexity index is 1620. The fourth-order valence-corrected chi connectivity index (χ4v) is 5.85. The van der Waals surface area contributed by atoms with Crippen LogP contribution in [0.1, 0.15) is 45.9 Å². The molecular formula is C28H22Cl3FN4O4. The van der Waals surface area contributed by atoms with Gasteiger partial charge in [0.1, 0.15) is 23.6 Å². The standard InChI is InChI=1S/C28H22Cl3FN4O4/c29-20-2-1-3-21(30)25(20)36-24(18(11-34-36)15-4-5-15)12-40-17-6-7-19(22(31)9-17)28(39)13-35(14-28)26-23(32)8-16(10-33-26)27(37)38/h1-3,6-11,15,39H,4-5,12-14H2,(H,37,38). The highest BCUT2D eigenvalue weighted by Crippen LogP contribution is 2.44. The van der Waals surface area contributed by atoms with Gasteiger partial charge in [-0.25, -0.2) is 18.9 Å². The second-order valence-corrected chi connectivity index (χ2v) is 11.2. The number of aromatic carboxylic acids is 1. The minimum absolute atomic E-state index is 0.0335. The van der Waals surface area contributed by atoms with Crippen molar-refractivity contribution in [2.45, 2.75) is 31.0 Å². The van der Waals surface area contributed by atoms with Crippen molar-refractivity contribution in [3.63, 3.8) is 0 Å². The van der Waals surface area contributed by atoms with E-state index in [-0.39, 0.29) is 31.1 Å². The van der Waals surface area contributed by atoms with Crippen molar-refractivity contribution in [2.75, 3.05) is 18.0 Å². The van der Waals surface area contributed by atoms with E-state index in [1.165, 1.54) is 4.90 Å². The molecule has 6 rings (SSSR count). The summed E-state index contributed by atoms with van der Waals surface area (Å²) in [7, 11) is 0. The van der Waals surface area contributed by atoms with Crippen LogP contribution in [0.3, 0.4) is 0 Å². The summed E-state index contributed by atoms with van der Waals surface area (Å²) in [5.74, 6) is -1.18. The van der Waals surface area contributed by atoms with Gasteiger partial charge in [-0.3, -0.25) is 0 Å². The summed E-state index contributed by atoms with van der Waals surface area (Å²) < 4.78 is 22.3. The minimum Gasteiger partial charge on any atom is -0.487 e. The van der Waals surface area contributed by atoms with Crippen LogP contribution in [0.15, 0.2) is 54.9 Å². The van der Waals surface area contributed by atoms with Gasteiger partial charge in [0.2, 0.25) is 0 Å². The molecule has 8 nitrogen and oxygen atoms in total. The lowest BCUT2D eigenvalue weighted by molar-refractivity contribution is 0.00670. The molecule has 2 N–H and O–H groups in total. The van der Waals surface area contributed by atoms with Crippen LogP contribution in [0.4, 0.5) is 10.2 Å². The Morgan fingerprint density at radius 1 is 1.07 bits per heavy atom. The van der Waals surface area contributed by atoms with Crippen LogP contribution in [0, 0.1) is 5.82 Å². The second-order valence-electron chi connectivity index (χ2n) is 9.96. The Kier molecular flexibility index (Phi) is 6.86. The number of aromatic nitrogens is 3. The highest BCUT2D eigenvalue weighted by molar-refractivity contribution is 6.37. The minimum atomic E-state index is -1.34. The molecule has 12 heteroatoms. The Hall–Kier alpha value is -3.37. The highest BCUT2D eigenvalue weighted by atomic mass is 35.5. The molecule has 40 heavy (non-hydrogen) atoms. The van der Waals surface area contributed by atoms with Gasteiger partial charge in [-0.1, -0.05) is 46.9 Å². The van der Waals surface area contributed by atoms with Crippen molar-refractivity contribution < 1.29 is 24.1 Å². The van der Waals surface area contributed by atoms with Gasteiger partial charge in [-0.2, -0.15) is 5.10 Å². The number of rotatable bonds is 8. The Labute approximate surface area is 243 Å². The topological polar surface area (TPSA) is 101 Å². The molecule has 0 spiro atoms. The fraction of sp³-hybridized carbons (Fsp3) is 0.250. The maximum absolute atomic E-state index is 14.4. The smallest absolute Gasteiger partial charge is 0.337 e. The maximum Gasteiger partial charge on any atom is 0.337 e. The zero-order chi connectivity index (χ0) is 28.2. The molecule has 1 saturated carbocycles. The van der Waals surface area contributed by atoms with Gasteiger partial charge in [-0.05, 0) is 49.1 Å². The van der Waals surface area contributed by atoms with Crippen molar-refractivity contribution in [2.24, 2.45) is 0 Å². The molecule has 4 aromatic rings. The van der Waals surface area contributed by atoms with E-state index in [2.05, 4.69) is 10.1 Å². The van der Waals surface area contributed by atoms with E-state index < -0.39 is 17.4 Å². The van der Waals surface area contributed by atoms with Crippen molar-refractivity contribution in [1.82, 2.24) is 14.8 Å². The third-order valence-electron chi connectivity index (χ3n) is 7.16. The molecule has 0 unspecified atom stereocenters. The molecule has 0 radical (unpaired) electrons. The first-order chi connectivity index (χ1) is 19.1. The number of carbonyl (C=O) groups is 1. The molecular weight excluding hydrogens is 582 g/mol. The number of ether oxygens (including phenoxy) is 1. The number of benzene rings is 2. The van der Waals surface area contributed by atoms with Gasteiger partial charge < -0.3 is 19.8 Å². The summed E-state index contributed by atoms with van der Waals surface area (Å²) in [6.45, 7) is 0.260. The molecule has 1 aliphatic carbocycles. The number of aliphatic hydroxyl groups is 1. The van der Waals surface area contributed by atoms with Crippen molar-refractivity contribution in [3.05, 3.63) is 98.1 Å². The number of para-hydroxylation sites is 1. The van der Waals surface area contributed by atoms with Crippen LogP contribution in [-0.2, 0) is 12.2 Å². The number of carboxylic acid groups (broad SMARTS) is 1. The van der Waals surface area contributed by atoms with Crippen LogP contribution in [0.25, 0.3) is 5.69 Å². The lowest BCUT2D eigenvalue weighted by atomic mass is 9.86. The zero-order valence-corrected chi connectivity index (χ0v) is 23.1. The zero-order valence-electron chi connectivity index (χ0n) is 20.8. The monoisotopic (exact) mass is 602 g/mol. The third kappa shape index (κ3) is 4.88. The van der Waals surface area contributed by atoms with E-state index in [4.69, 9.17) is 44.6 Å². The Morgan fingerprint density at radius 2 is 1.80 bits per heavy atom. The largest absolute Gasteiger partial charge is 0.487 e. The number of nitrogens with zero attached hydrogens (tertiary/aromatic N) is 4. The Morgan fingerprint density at radius 3 is 2.42 bits per heavy atom. The molecule has 1 aliphatic heterocycles. The Balaban J connectivity index is 1.19. The molecule has 1 saturated heterocycles. The summed E-state index contributed by atoms with van der Waals surface area (Å²) in [6.07, 6.45) is 5.07. The van der Waals surface area contributed by atoms with Crippen molar-refractivity contribution in [1.29, 1.82) is 0 Å². The van der Waals surface area contributed by atoms with Gasteiger partial charge in [0.15, 0.2) is 11.6 Å². The molecule has 2 aromatic heterocycles. The van der Waals surface area contributed by atoms with E-state index in [0.29, 0.717) is 38.0 Å². The molecule has 3 heterocycles. The maximum atomic E-state index is 14.4. The molecule has 0 atom stereocenters. The van der Waals surface area contributed by atoms with Gasteiger partial charge in [0, 0.05) is 17.3 Å². The predicted octanol–water partition coefficient (Wildman–Crippen LogP) is 6.23. The van der Waals surface area contributed by atoms with Crippen molar-refractivity contribution >= 4 is 46.6 Å². The number of carboxylic acids is 1. The molecule has 0 bridgehead atoms. The SMILES string of the molecule is O=C(O)c1cnc(N2CC(O)(c3ccc(OCc4c(C5CC5)cnn4-c4c(Cl)cccc4Cl)cc3Cl)C2)c(F)c1. The number of hydrogen-bond acceptors (Lipinski definition) is 6. The average Bonchev–Trinajstić information content (AvgIpc) is 3.66. The molecule has 0 amide bonds. The normalized spacial score (nSPS) is 16.1. The second kappa shape index (κ2) is 10.2. The van der Waals surface area contributed by atoms with E-state index in [1.54, 1.807) is 41.1 Å². The lowest BCUT2D eigenvalue weighted by Gasteiger charge is -2.47. The van der Waals surface area contributed by atoms with Crippen molar-refractivity contribution in [3.8, 4) is 11.4 Å². The van der Waals surface area contributed by atoms with Gasteiger partial charge >= 0.3 is 5.97 Å². The quantitative estimate of drug-likeness (QED) is 0.246. The summed E-state index contributed by atoms with van der Waals surface area (Å²) >= 11 is 19.5. The molecule has 206 valence electrons.